The largest absolute Gasteiger partial charge is 0.362 e. The highest BCUT2D eigenvalue weighted by Crippen LogP contribution is 2.29. The minimum absolute atomic E-state index is 0.842. The molecule has 0 N–H and O–H groups in total. The van der Waals surface area contributed by atoms with Gasteiger partial charge in [0.1, 0.15) is 0 Å². The van der Waals surface area contributed by atoms with Gasteiger partial charge in [0, 0.05) is 18.7 Å². The molecule has 1 aliphatic heterocycles. The fraction of sp³-hybridized carbons (Fsp3) is 0.250. The van der Waals surface area contributed by atoms with Gasteiger partial charge in [-0.05, 0) is 49.5 Å². The minimum Gasteiger partial charge on any atom is -0.362 e. The molecule has 1 heteroatoms. The van der Waals surface area contributed by atoms with E-state index in [0.29, 0.717) is 0 Å². The molecule has 25 heavy (non-hydrogen) atoms. The third-order valence-corrected chi connectivity index (χ3v) is 4.63. The quantitative estimate of drug-likeness (QED) is 0.457. The average molecular weight is 329 g/mol. The van der Waals surface area contributed by atoms with E-state index in [1.165, 1.54) is 22.3 Å². The van der Waals surface area contributed by atoms with E-state index in [9.17, 15) is 0 Å². The van der Waals surface area contributed by atoms with E-state index in [-0.39, 0.29) is 0 Å². The molecule has 1 nitrogen and oxygen atoms in total. The second-order valence-electron chi connectivity index (χ2n) is 6.17. The SMILES string of the molecule is C#C/C(C=C)=C(/C=C\C)N1Cc2ccc(CC/C(C=C)=C/C)cc2C1. The Morgan fingerprint density at radius 1 is 1.20 bits per heavy atom. The average Bonchev–Trinajstić information content (AvgIpc) is 3.05. The molecule has 0 saturated carbocycles. The highest BCUT2D eigenvalue weighted by atomic mass is 15.1. The number of hydrogen-bond acceptors (Lipinski definition) is 1. The lowest BCUT2D eigenvalue weighted by molar-refractivity contribution is 0.373. The van der Waals surface area contributed by atoms with Crippen LogP contribution in [0.25, 0.3) is 0 Å². The molecule has 2 rings (SSSR count). The summed E-state index contributed by atoms with van der Waals surface area (Å²) in [5.74, 6) is 2.75. The first-order valence-electron chi connectivity index (χ1n) is 8.76. The van der Waals surface area contributed by atoms with Crippen LogP contribution in [0.3, 0.4) is 0 Å². The fourth-order valence-electron chi connectivity index (χ4n) is 3.19. The number of aryl methyl sites for hydroxylation is 1. The molecular formula is C24H27N. The monoisotopic (exact) mass is 329 g/mol. The van der Waals surface area contributed by atoms with Crippen LogP contribution in [-0.4, -0.2) is 4.90 Å². The van der Waals surface area contributed by atoms with Crippen LogP contribution >= 0.6 is 0 Å². The van der Waals surface area contributed by atoms with Crippen LogP contribution in [0.4, 0.5) is 0 Å². The van der Waals surface area contributed by atoms with Gasteiger partial charge in [0.15, 0.2) is 0 Å². The number of fused-ring (bicyclic) bond motifs is 1. The molecule has 0 aromatic heterocycles. The van der Waals surface area contributed by atoms with Crippen LogP contribution in [0.2, 0.25) is 0 Å². The molecule has 0 saturated heterocycles. The Morgan fingerprint density at radius 2 is 1.96 bits per heavy atom. The summed E-state index contributed by atoms with van der Waals surface area (Å²) >= 11 is 0. The third kappa shape index (κ3) is 4.43. The number of benzene rings is 1. The normalized spacial score (nSPS) is 14.9. The van der Waals surface area contributed by atoms with Gasteiger partial charge in [0.25, 0.3) is 0 Å². The predicted octanol–water partition coefficient (Wildman–Crippen LogP) is 5.72. The highest BCUT2D eigenvalue weighted by Gasteiger charge is 2.21. The molecule has 1 aromatic rings. The topological polar surface area (TPSA) is 3.24 Å². The summed E-state index contributed by atoms with van der Waals surface area (Å²) in [6.07, 6.45) is 17.7. The molecule has 0 amide bonds. The van der Waals surface area contributed by atoms with E-state index < -0.39 is 0 Å². The Hall–Kier alpha value is -2.72. The van der Waals surface area contributed by atoms with Crippen molar-refractivity contribution in [1.29, 1.82) is 0 Å². The Kier molecular flexibility index (Phi) is 6.66. The van der Waals surface area contributed by atoms with Crippen molar-refractivity contribution < 1.29 is 0 Å². The zero-order chi connectivity index (χ0) is 18.2. The number of nitrogens with zero attached hydrogens (tertiary/aromatic N) is 1. The van der Waals surface area contributed by atoms with Gasteiger partial charge >= 0.3 is 0 Å². The zero-order valence-corrected chi connectivity index (χ0v) is 15.4. The van der Waals surface area contributed by atoms with Crippen molar-refractivity contribution in [3.63, 3.8) is 0 Å². The van der Waals surface area contributed by atoms with E-state index in [1.54, 1.807) is 6.08 Å². The van der Waals surface area contributed by atoms with E-state index in [1.807, 2.05) is 19.1 Å². The summed E-state index contributed by atoms with van der Waals surface area (Å²) in [7, 11) is 0. The van der Waals surface area contributed by atoms with Crippen molar-refractivity contribution in [1.82, 2.24) is 4.90 Å². The van der Waals surface area contributed by atoms with E-state index in [2.05, 4.69) is 61.3 Å². The zero-order valence-electron chi connectivity index (χ0n) is 15.4. The van der Waals surface area contributed by atoms with Gasteiger partial charge < -0.3 is 4.90 Å². The van der Waals surface area contributed by atoms with Gasteiger partial charge in [-0.1, -0.05) is 67.2 Å². The molecule has 0 fully saturated rings. The van der Waals surface area contributed by atoms with Crippen LogP contribution in [-0.2, 0) is 19.5 Å². The summed E-state index contributed by atoms with van der Waals surface area (Å²) in [6, 6.07) is 6.83. The summed E-state index contributed by atoms with van der Waals surface area (Å²) in [5, 5.41) is 0. The molecule has 1 aliphatic rings. The second kappa shape index (κ2) is 8.94. The van der Waals surface area contributed by atoms with E-state index in [4.69, 9.17) is 6.42 Å². The van der Waals surface area contributed by atoms with Crippen LogP contribution in [0.1, 0.15) is 37.0 Å². The highest BCUT2D eigenvalue weighted by molar-refractivity contribution is 5.46. The van der Waals surface area contributed by atoms with Crippen molar-refractivity contribution >= 4 is 0 Å². The standard InChI is InChI=1S/C24H27N/c1-6-11-24(21(9-4)10-5)25-17-22-15-14-20(16-23(22)18-25)13-12-19(7-2)8-3/h4,6-8,10-11,14-16H,2,5,12-13,17-18H2,1,3H3/b11-6-,19-8+,24-21+. The van der Waals surface area contributed by atoms with Crippen LogP contribution in [0, 0.1) is 12.3 Å². The van der Waals surface area contributed by atoms with Gasteiger partial charge in [-0.2, -0.15) is 0 Å². The first-order chi connectivity index (χ1) is 12.2. The molecular weight excluding hydrogens is 302 g/mol. The summed E-state index contributed by atoms with van der Waals surface area (Å²) in [6.45, 7) is 13.6. The number of terminal acetylenes is 1. The van der Waals surface area contributed by atoms with Gasteiger partial charge in [0.05, 0.1) is 5.70 Å². The molecule has 1 heterocycles. The van der Waals surface area contributed by atoms with Crippen molar-refractivity contribution in [2.75, 3.05) is 0 Å². The van der Waals surface area contributed by atoms with Crippen LogP contribution in [0.15, 0.2) is 78.6 Å². The Labute approximate surface area is 152 Å². The van der Waals surface area contributed by atoms with Gasteiger partial charge in [0.2, 0.25) is 0 Å². The maximum Gasteiger partial charge on any atom is 0.0527 e. The van der Waals surface area contributed by atoms with Crippen molar-refractivity contribution in [2.45, 2.75) is 39.8 Å². The van der Waals surface area contributed by atoms with Crippen molar-refractivity contribution in [2.24, 2.45) is 0 Å². The van der Waals surface area contributed by atoms with Gasteiger partial charge in [-0.3, -0.25) is 0 Å². The summed E-state index contributed by atoms with van der Waals surface area (Å²) in [4.78, 5) is 2.33. The van der Waals surface area contributed by atoms with E-state index in [0.717, 1.165) is 37.2 Å². The Balaban J connectivity index is 2.20. The van der Waals surface area contributed by atoms with Gasteiger partial charge in [-0.15, -0.1) is 6.42 Å². The number of hydrogen-bond donors (Lipinski definition) is 0. The lowest BCUT2D eigenvalue weighted by atomic mass is 10.0. The third-order valence-electron chi connectivity index (χ3n) is 4.63. The summed E-state index contributed by atoms with van der Waals surface area (Å²) < 4.78 is 0. The summed E-state index contributed by atoms with van der Waals surface area (Å²) in [5.41, 5.74) is 7.35. The molecule has 0 atom stereocenters. The minimum atomic E-state index is 0.842. The lowest BCUT2D eigenvalue weighted by Gasteiger charge is -2.20. The fourth-order valence-corrected chi connectivity index (χ4v) is 3.19. The maximum atomic E-state index is 5.65. The molecule has 0 radical (unpaired) electrons. The molecule has 1 aromatic carbocycles. The Bertz CT molecular complexity index is 781. The van der Waals surface area contributed by atoms with Crippen molar-refractivity contribution in [3.8, 4) is 12.3 Å². The molecule has 0 aliphatic carbocycles. The first kappa shape index (κ1) is 18.6. The first-order valence-corrected chi connectivity index (χ1v) is 8.76. The molecule has 128 valence electrons. The Morgan fingerprint density at radius 3 is 2.56 bits per heavy atom. The predicted molar refractivity (Wildman–Crippen MR) is 109 cm³/mol. The number of rotatable bonds is 7. The van der Waals surface area contributed by atoms with Crippen LogP contribution < -0.4 is 0 Å². The van der Waals surface area contributed by atoms with Crippen molar-refractivity contribution in [3.05, 3.63) is 95.3 Å². The lowest BCUT2D eigenvalue weighted by Crippen LogP contribution is -2.15. The molecule has 0 spiro atoms. The van der Waals surface area contributed by atoms with Gasteiger partial charge in [-0.25, -0.2) is 0 Å². The van der Waals surface area contributed by atoms with E-state index >= 15 is 0 Å². The smallest absolute Gasteiger partial charge is 0.0527 e. The molecule has 0 bridgehead atoms. The maximum absolute atomic E-state index is 5.65. The number of allylic oxidation sites excluding steroid dienone is 7. The second-order valence-corrected chi connectivity index (χ2v) is 6.17. The van der Waals surface area contributed by atoms with Crippen LogP contribution in [0.5, 0.6) is 0 Å². The molecule has 0 unspecified atom stereocenters.